The molecule has 1 unspecified atom stereocenters. The molecule has 0 bridgehead atoms. The number of methoxy groups -OCH3 is 1. The van der Waals surface area contributed by atoms with E-state index in [4.69, 9.17) is 4.74 Å². The van der Waals surface area contributed by atoms with Crippen LogP contribution in [0.1, 0.15) is 44.6 Å². The molecular weight excluding hydrogens is 238 g/mol. The number of aliphatic hydroxyl groups excluding tert-OH is 1. The molecule has 0 amide bonds. The molecule has 106 valence electrons. The molecule has 0 heterocycles. The zero-order valence-corrected chi connectivity index (χ0v) is 12.0. The molecule has 1 aromatic carbocycles. The molecule has 0 spiro atoms. The van der Waals surface area contributed by atoms with E-state index in [1.807, 2.05) is 24.3 Å². The van der Waals surface area contributed by atoms with Crippen LogP contribution in [0.2, 0.25) is 0 Å². The van der Waals surface area contributed by atoms with Crippen LogP contribution in [-0.4, -0.2) is 24.9 Å². The Morgan fingerprint density at radius 1 is 1.21 bits per heavy atom. The third-order valence-corrected chi connectivity index (χ3v) is 4.17. The van der Waals surface area contributed by atoms with Crippen molar-refractivity contribution in [2.75, 3.05) is 13.7 Å². The maximum absolute atomic E-state index is 9.80. The summed E-state index contributed by atoms with van der Waals surface area (Å²) in [6, 6.07) is 8.49. The van der Waals surface area contributed by atoms with Gasteiger partial charge in [-0.2, -0.15) is 0 Å². The molecule has 2 N–H and O–H groups in total. The van der Waals surface area contributed by atoms with E-state index < -0.39 is 0 Å². The van der Waals surface area contributed by atoms with Crippen molar-refractivity contribution in [3.05, 3.63) is 29.8 Å². The molecule has 1 fully saturated rings. The van der Waals surface area contributed by atoms with Crippen molar-refractivity contribution >= 4 is 0 Å². The molecule has 1 aromatic rings. The molecule has 1 aliphatic carbocycles. The van der Waals surface area contributed by atoms with Crippen molar-refractivity contribution in [1.82, 2.24) is 5.32 Å². The number of rotatable bonds is 5. The van der Waals surface area contributed by atoms with E-state index in [-0.39, 0.29) is 12.1 Å². The Hall–Kier alpha value is -1.06. The lowest BCUT2D eigenvalue weighted by atomic mass is 9.88. The summed E-state index contributed by atoms with van der Waals surface area (Å²) in [5.41, 5.74) is 0.746. The molecule has 0 aromatic heterocycles. The molecule has 3 nitrogen and oxygen atoms in total. The van der Waals surface area contributed by atoms with Gasteiger partial charge in [0.25, 0.3) is 0 Å². The number of ether oxygens (including phenoxy) is 1. The largest absolute Gasteiger partial charge is 0.497 e. The fourth-order valence-electron chi connectivity index (χ4n) is 2.88. The molecule has 1 saturated carbocycles. The van der Waals surface area contributed by atoms with Gasteiger partial charge in [-0.25, -0.2) is 0 Å². The quantitative estimate of drug-likeness (QED) is 0.858. The molecule has 19 heavy (non-hydrogen) atoms. The Labute approximate surface area is 116 Å². The van der Waals surface area contributed by atoms with Crippen molar-refractivity contribution in [3.63, 3.8) is 0 Å². The third-order valence-electron chi connectivity index (χ3n) is 4.17. The van der Waals surface area contributed by atoms with Gasteiger partial charge in [0, 0.05) is 6.04 Å². The topological polar surface area (TPSA) is 41.5 Å². The molecular formula is C16H25NO2. The first-order valence-corrected chi connectivity index (χ1v) is 7.21. The lowest BCUT2D eigenvalue weighted by Crippen LogP contribution is -2.49. The number of hydrogen-bond acceptors (Lipinski definition) is 3. The first kappa shape index (κ1) is 14.4. The van der Waals surface area contributed by atoms with Crippen LogP contribution in [0.15, 0.2) is 24.3 Å². The van der Waals surface area contributed by atoms with Gasteiger partial charge in [0.1, 0.15) is 5.75 Å². The second-order valence-electron chi connectivity index (χ2n) is 5.70. The molecule has 3 heteroatoms. The number of benzene rings is 1. The number of hydrogen-bond donors (Lipinski definition) is 2. The molecule has 0 aliphatic heterocycles. The average Bonchev–Trinajstić information content (AvgIpc) is 2.48. The van der Waals surface area contributed by atoms with Crippen LogP contribution < -0.4 is 10.1 Å². The minimum atomic E-state index is -0.367. The van der Waals surface area contributed by atoms with Crippen molar-refractivity contribution in [2.45, 2.75) is 50.6 Å². The van der Waals surface area contributed by atoms with E-state index in [2.05, 4.69) is 12.2 Å². The molecule has 1 aliphatic rings. The van der Waals surface area contributed by atoms with Crippen LogP contribution in [0.25, 0.3) is 0 Å². The van der Waals surface area contributed by atoms with Crippen molar-refractivity contribution < 1.29 is 9.84 Å². The first-order valence-electron chi connectivity index (χ1n) is 7.21. The van der Waals surface area contributed by atoms with E-state index in [0.29, 0.717) is 6.04 Å². The zero-order valence-electron chi connectivity index (χ0n) is 12.0. The molecule has 0 radical (unpaired) electrons. The fraction of sp³-hybridized carbons (Fsp3) is 0.625. The Balaban J connectivity index is 2.10. The Morgan fingerprint density at radius 2 is 1.84 bits per heavy atom. The second-order valence-corrected chi connectivity index (χ2v) is 5.70. The summed E-state index contributed by atoms with van der Waals surface area (Å²) in [6.07, 6.45) is 6.36. The third kappa shape index (κ3) is 3.48. The van der Waals surface area contributed by atoms with E-state index in [9.17, 15) is 5.11 Å². The van der Waals surface area contributed by atoms with Gasteiger partial charge in [0.2, 0.25) is 0 Å². The predicted molar refractivity (Wildman–Crippen MR) is 77.4 cm³/mol. The van der Waals surface area contributed by atoms with E-state index in [0.717, 1.165) is 11.3 Å². The fourth-order valence-corrected chi connectivity index (χ4v) is 2.88. The highest BCUT2D eigenvalue weighted by molar-refractivity contribution is 5.31. The normalized spacial score (nSPS) is 19.9. The van der Waals surface area contributed by atoms with Gasteiger partial charge in [0.15, 0.2) is 0 Å². The molecule has 0 saturated heterocycles. The summed E-state index contributed by atoms with van der Waals surface area (Å²) in [6.45, 7) is 2.18. The van der Waals surface area contributed by atoms with Gasteiger partial charge >= 0.3 is 0 Å². The van der Waals surface area contributed by atoms with E-state index in [1.54, 1.807) is 7.11 Å². The highest BCUT2D eigenvalue weighted by Gasteiger charge is 2.29. The van der Waals surface area contributed by atoms with Gasteiger partial charge in [0.05, 0.1) is 19.3 Å². The van der Waals surface area contributed by atoms with Crippen LogP contribution >= 0.6 is 0 Å². The molecule has 1 atom stereocenters. The van der Waals surface area contributed by atoms with Crippen LogP contribution in [-0.2, 0) is 5.54 Å². The first-order chi connectivity index (χ1) is 9.18. The van der Waals surface area contributed by atoms with Gasteiger partial charge < -0.3 is 15.2 Å². The standard InChI is InChI=1S/C16H25NO2/c1-16(12-18,17-14-6-4-3-5-7-14)13-8-10-15(19-2)11-9-13/h8-11,14,17-18H,3-7,12H2,1-2H3. The van der Waals surface area contributed by atoms with Crippen molar-refractivity contribution in [3.8, 4) is 5.75 Å². The second kappa shape index (κ2) is 6.40. The Bertz CT molecular complexity index is 384. The average molecular weight is 263 g/mol. The summed E-state index contributed by atoms with van der Waals surface area (Å²) in [7, 11) is 1.67. The maximum Gasteiger partial charge on any atom is 0.118 e. The van der Waals surface area contributed by atoms with Crippen LogP contribution in [0, 0.1) is 0 Å². The predicted octanol–water partition coefficient (Wildman–Crippen LogP) is 2.83. The zero-order chi connectivity index (χ0) is 13.7. The van der Waals surface area contributed by atoms with Crippen LogP contribution in [0.3, 0.4) is 0 Å². The summed E-state index contributed by atoms with van der Waals surface area (Å²) in [4.78, 5) is 0. The highest BCUT2D eigenvalue weighted by atomic mass is 16.5. The minimum Gasteiger partial charge on any atom is -0.497 e. The van der Waals surface area contributed by atoms with E-state index >= 15 is 0 Å². The Morgan fingerprint density at radius 3 is 2.37 bits per heavy atom. The van der Waals surface area contributed by atoms with Gasteiger partial charge in [-0.1, -0.05) is 31.4 Å². The summed E-state index contributed by atoms with van der Waals surface area (Å²) >= 11 is 0. The molecule has 2 rings (SSSR count). The smallest absolute Gasteiger partial charge is 0.118 e. The van der Waals surface area contributed by atoms with Crippen molar-refractivity contribution in [2.24, 2.45) is 0 Å². The summed E-state index contributed by atoms with van der Waals surface area (Å²) in [5.74, 6) is 0.849. The Kier molecular flexibility index (Phi) is 4.83. The SMILES string of the molecule is COc1ccc(C(C)(CO)NC2CCCCC2)cc1. The van der Waals surface area contributed by atoms with Crippen LogP contribution in [0.5, 0.6) is 5.75 Å². The van der Waals surface area contributed by atoms with E-state index in [1.165, 1.54) is 32.1 Å². The summed E-state index contributed by atoms with van der Waals surface area (Å²) in [5, 5.41) is 13.4. The number of nitrogens with one attached hydrogen (secondary N) is 1. The number of aliphatic hydroxyl groups is 1. The summed E-state index contributed by atoms with van der Waals surface area (Å²) < 4.78 is 5.18. The van der Waals surface area contributed by atoms with Gasteiger partial charge in [-0.05, 0) is 37.5 Å². The monoisotopic (exact) mass is 263 g/mol. The maximum atomic E-state index is 9.80. The lowest BCUT2D eigenvalue weighted by Gasteiger charge is -2.36. The van der Waals surface area contributed by atoms with Gasteiger partial charge in [-0.3, -0.25) is 0 Å². The van der Waals surface area contributed by atoms with Gasteiger partial charge in [-0.15, -0.1) is 0 Å². The lowest BCUT2D eigenvalue weighted by molar-refractivity contribution is 0.150. The minimum absolute atomic E-state index is 0.107. The van der Waals surface area contributed by atoms with Crippen LogP contribution in [0.4, 0.5) is 0 Å². The van der Waals surface area contributed by atoms with Crippen molar-refractivity contribution in [1.29, 1.82) is 0 Å². The highest BCUT2D eigenvalue weighted by Crippen LogP contribution is 2.27.